The first-order valence-electron chi connectivity index (χ1n) is 11.2. The van der Waals surface area contributed by atoms with Gasteiger partial charge in [-0.3, -0.25) is 9.59 Å². The lowest BCUT2D eigenvalue weighted by Crippen LogP contribution is -2.52. The van der Waals surface area contributed by atoms with Gasteiger partial charge < -0.3 is 15.0 Å². The molecule has 3 rings (SSSR count). The second kappa shape index (κ2) is 12.3. The van der Waals surface area contributed by atoms with Crippen molar-refractivity contribution in [3.8, 4) is 5.75 Å². The molecule has 0 saturated heterocycles. The van der Waals surface area contributed by atoms with E-state index in [0.717, 1.165) is 35.7 Å². The fourth-order valence-electron chi connectivity index (χ4n) is 4.03. The molecule has 0 unspecified atom stereocenters. The van der Waals surface area contributed by atoms with E-state index in [1.165, 1.54) is 6.42 Å². The van der Waals surface area contributed by atoms with Gasteiger partial charge in [0, 0.05) is 22.1 Å². The van der Waals surface area contributed by atoms with Crippen molar-refractivity contribution in [1.82, 2.24) is 10.2 Å². The van der Waals surface area contributed by atoms with Crippen LogP contribution in [0, 0.1) is 0 Å². The first-order valence-corrected chi connectivity index (χ1v) is 12.4. The van der Waals surface area contributed by atoms with Crippen LogP contribution in [0.15, 0.2) is 53.0 Å². The summed E-state index contributed by atoms with van der Waals surface area (Å²) in [6.07, 6.45) is 5.97. The van der Waals surface area contributed by atoms with Crippen LogP contribution in [0.3, 0.4) is 0 Å². The summed E-state index contributed by atoms with van der Waals surface area (Å²) in [7, 11) is 0. The van der Waals surface area contributed by atoms with Crippen LogP contribution < -0.4 is 10.1 Å². The quantitative estimate of drug-likeness (QED) is 0.458. The number of carbonyl (C=O) groups is 2. The molecule has 1 saturated carbocycles. The largest absolute Gasteiger partial charge is 0.484 e. The first kappa shape index (κ1) is 24.6. The van der Waals surface area contributed by atoms with E-state index in [-0.39, 0.29) is 31.0 Å². The van der Waals surface area contributed by atoms with E-state index in [0.29, 0.717) is 17.2 Å². The molecule has 1 fully saturated rings. The number of halogens is 2. The highest BCUT2D eigenvalue weighted by Crippen LogP contribution is 2.22. The van der Waals surface area contributed by atoms with Crippen LogP contribution in [0.5, 0.6) is 5.75 Å². The number of benzene rings is 2. The fraction of sp³-hybridized carbons (Fsp3) is 0.440. The number of hydrogen-bond acceptors (Lipinski definition) is 3. The van der Waals surface area contributed by atoms with Crippen LogP contribution in [0.25, 0.3) is 0 Å². The van der Waals surface area contributed by atoms with Crippen LogP contribution in [0.2, 0.25) is 5.02 Å². The highest BCUT2D eigenvalue weighted by atomic mass is 79.9. The van der Waals surface area contributed by atoms with Crippen molar-refractivity contribution < 1.29 is 14.3 Å². The van der Waals surface area contributed by atoms with Gasteiger partial charge in [0.1, 0.15) is 11.8 Å². The van der Waals surface area contributed by atoms with Gasteiger partial charge in [-0.1, -0.05) is 71.9 Å². The van der Waals surface area contributed by atoms with Gasteiger partial charge in [-0.05, 0) is 55.2 Å². The summed E-state index contributed by atoms with van der Waals surface area (Å²) < 4.78 is 6.65. The lowest BCUT2D eigenvalue weighted by Gasteiger charge is -2.33. The summed E-state index contributed by atoms with van der Waals surface area (Å²) in [6, 6.07) is 14.3. The summed E-state index contributed by atoms with van der Waals surface area (Å²) in [5, 5.41) is 3.74. The van der Waals surface area contributed by atoms with Crippen molar-refractivity contribution in [3.63, 3.8) is 0 Å². The third-order valence-electron chi connectivity index (χ3n) is 5.81. The van der Waals surface area contributed by atoms with Crippen molar-refractivity contribution >= 4 is 39.3 Å². The van der Waals surface area contributed by atoms with Gasteiger partial charge in [0.15, 0.2) is 6.61 Å². The highest BCUT2D eigenvalue weighted by molar-refractivity contribution is 9.10. The standard InChI is InChI=1S/C25H30BrClN2O3/c1-2-23(25(31)28-20-9-4-3-5-10-20)29(16-18-8-6-7-11-22(18)27)24(30)17-32-21-14-12-19(26)13-15-21/h6-8,11-15,20,23H,2-5,9-10,16-17H2,1H3,(H,28,31)/t23-/m0/s1. The molecule has 2 aromatic carbocycles. The van der Waals surface area contributed by atoms with Crippen molar-refractivity contribution in [2.45, 2.75) is 64.1 Å². The Balaban J connectivity index is 1.75. The Morgan fingerprint density at radius 1 is 1.12 bits per heavy atom. The minimum absolute atomic E-state index is 0.108. The molecule has 0 spiro atoms. The van der Waals surface area contributed by atoms with E-state index in [4.69, 9.17) is 16.3 Å². The van der Waals surface area contributed by atoms with Gasteiger partial charge in [0.25, 0.3) is 5.91 Å². The molecule has 1 aliphatic carbocycles. The second-order valence-electron chi connectivity index (χ2n) is 8.12. The molecular weight excluding hydrogens is 492 g/mol. The van der Waals surface area contributed by atoms with E-state index in [1.54, 1.807) is 23.1 Å². The summed E-state index contributed by atoms with van der Waals surface area (Å²) in [5.74, 6) is 0.237. The van der Waals surface area contributed by atoms with E-state index in [2.05, 4.69) is 21.2 Å². The minimum atomic E-state index is -0.589. The van der Waals surface area contributed by atoms with Gasteiger partial charge in [-0.2, -0.15) is 0 Å². The third-order valence-corrected chi connectivity index (χ3v) is 6.71. The number of rotatable bonds is 9. The monoisotopic (exact) mass is 520 g/mol. The zero-order valence-electron chi connectivity index (χ0n) is 18.4. The Morgan fingerprint density at radius 3 is 2.47 bits per heavy atom. The van der Waals surface area contributed by atoms with Gasteiger partial charge in [-0.15, -0.1) is 0 Å². The van der Waals surface area contributed by atoms with Crippen LogP contribution in [0.4, 0.5) is 0 Å². The Hall–Kier alpha value is -2.05. The van der Waals surface area contributed by atoms with Gasteiger partial charge in [0.05, 0.1) is 0 Å². The van der Waals surface area contributed by atoms with E-state index < -0.39 is 6.04 Å². The molecule has 5 nitrogen and oxygen atoms in total. The smallest absolute Gasteiger partial charge is 0.261 e. The summed E-state index contributed by atoms with van der Waals surface area (Å²) >= 11 is 9.76. The molecule has 1 aliphatic rings. The minimum Gasteiger partial charge on any atom is -0.484 e. The lowest BCUT2D eigenvalue weighted by atomic mass is 9.95. The van der Waals surface area contributed by atoms with E-state index >= 15 is 0 Å². The van der Waals surface area contributed by atoms with E-state index in [9.17, 15) is 9.59 Å². The molecule has 2 amide bonds. The van der Waals surface area contributed by atoms with Gasteiger partial charge in [0.2, 0.25) is 5.91 Å². The molecule has 7 heteroatoms. The number of nitrogens with one attached hydrogen (secondary N) is 1. The van der Waals surface area contributed by atoms with Crippen molar-refractivity contribution in [3.05, 3.63) is 63.6 Å². The Morgan fingerprint density at radius 2 is 1.81 bits per heavy atom. The number of hydrogen-bond donors (Lipinski definition) is 1. The van der Waals surface area contributed by atoms with Crippen LogP contribution in [0.1, 0.15) is 51.0 Å². The normalized spacial score (nSPS) is 15.1. The second-order valence-corrected chi connectivity index (χ2v) is 9.45. The van der Waals surface area contributed by atoms with E-state index in [1.807, 2.05) is 37.3 Å². The number of amides is 2. The van der Waals surface area contributed by atoms with Gasteiger partial charge >= 0.3 is 0 Å². The Kier molecular flexibility index (Phi) is 9.42. The highest BCUT2D eigenvalue weighted by Gasteiger charge is 2.31. The molecule has 172 valence electrons. The maximum absolute atomic E-state index is 13.3. The SMILES string of the molecule is CC[C@@H](C(=O)NC1CCCCC1)N(Cc1ccccc1Cl)C(=O)COc1ccc(Br)cc1. The maximum Gasteiger partial charge on any atom is 0.261 e. The molecule has 1 atom stereocenters. The zero-order chi connectivity index (χ0) is 22.9. The average molecular weight is 522 g/mol. The molecule has 32 heavy (non-hydrogen) atoms. The first-order chi connectivity index (χ1) is 15.5. The average Bonchev–Trinajstić information content (AvgIpc) is 2.80. The lowest BCUT2D eigenvalue weighted by molar-refractivity contribution is -0.143. The van der Waals surface area contributed by atoms with Crippen LogP contribution >= 0.6 is 27.5 Å². The summed E-state index contributed by atoms with van der Waals surface area (Å²) in [6.45, 7) is 2.02. The molecule has 0 heterocycles. The third kappa shape index (κ3) is 6.97. The Bertz CT molecular complexity index is 900. The Labute approximate surface area is 203 Å². The molecule has 0 aromatic heterocycles. The molecular formula is C25H30BrClN2O3. The molecule has 0 radical (unpaired) electrons. The fourth-order valence-corrected chi connectivity index (χ4v) is 4.49. The van der Waals surface area contributed by atoms with Crippen molar-refractivity contribution in [2.24, 2.45) is 0 Å². The van der Waals surface area contributed by atoms with Crippen LogP contribution in [-0.4, -0.2) is 35.4 Å². The van der Waals surface area contributed by atoms with Gasteiger partial charge in [-0.25, -0.2) is 0 Å². The molecule has 2 aromatic rings. The molecule has 0 bridgehead atoms. The number of nitrogens with zero attached hydrogens (tertiary/aromatic N) is 1. The predicted molar refractivity (Wildman–Crippen MR) is 131 cm³/mol. The zero-order valence-corrected chi connectivity index (χ0v) is 20.7. The summed E-state index contributed by atoms with van der Waals surface area (Å²) in [5.41, 5.74) is 0.801. The molecule has 0 aliphatic heterocycles. The number of carbonyl (C=O) groups excluding carboxylic acids is 2. The topological polar surface area (TPSA) is 58.6 Å². The number of ether oxygens (including phenoxy) is 1. The summed E-state index contributed by atoms with van der Waals surface area (Å²) in [4.78, 5) is 28.1. The predicted octanol–water partition coefficient (Wildman–Crippen LogP) is 5.74. The van der Waals surface area contributed by atoms with Crippen LogP contribution in [-0.2, 0) is 16.1 Å². The van der Waals surface area contributed by atoms with Crippen molar-refractivity contribution in [1.29, 1.82) is 0 Å². The molecule has 1 N–H and O–H groups in total. The maximum atomic E-state index is 13.3. The van der Waals surface area contributed by atoms with Crippen molar-refractivity contribution in [2.75, 3.05) is 6.61 Å².